The average molecular weight is 256 g/mol. The normalized spacial score (nSPS) is 23.9. The average Bonchev–Trinajstić information content (AvgIpc) is 2.73. The van der Waals surface area contributed by atoms with Crippen molar-refractivity contribution in [3.05, 3.63) is 0 Å². The topological polar surface area (TPSA) is 41.6 Å². The first-order chi connectivity index (χ1) is 8.53. The van der Waals surface area contributed by atoms with Gasteiger partial charge in [0.05, 0.1) is 6.61 Å². The summed E-state index contributed by atoms with van der Waals surface area (Å²) in [4.78, 5) is 14.5. The molecule has 1 aliphatic heterocycles. The molecule has 0 spiro atoms. The van der Waals surface area contributed by atoms with Gasteiger partial charge < -0.3 is 10.1 Å². The van der Waals surface area contributed by atoms with E-state index < -0.39 is 5.54 Å². The van der Waals surface area contributed by atoms with Gasteiger partial charge in [0.25, 0.3) is 0 Å². The quantitative estimate of drug-likeness (QED) is 0.705. The summed E-state index contributed by atoms with van der Waals surface area (Å²) in [5, 5.41) is 3.36. The predicted molar refractivity (Wildman–Crippen MR) is 73.6 cm³/mol. The summed E-state index contributed by atoms with van der Waals surface area (Å²) in [7, 11) is 0. The second-order valence-corrected chi connectivity index (χ2v) is 5.44. The third kappa shape index (κ3) is 3.95. The van der Waals surface area contributed by atoms with Gasteiger partial charge in [0.2, 0.25) is 0 Å². The Morgan fingerprint density at radius 2 is 2.22 bits per heavy atom. The van der Waals surface area contributed by atoms with Gasteiger partial charge in [-0.25, -0.2) is 0 Å². The molecule has 18 heavy (non-hydrogen) atoms. The summed E-state index contributed by atoms with van der Waals surface area (Å²) in [5.41, 5.74) is -0.579. The van der Waals surface area contributed by atoms with E-state index in [-0.39, 0.29) is 5.97 Å². The molecule has 2 atom stereocenters. The maximum absolute atomic E-state index is 12.2. The summed E-state index contributed by atoms with van der Waals surface area (Å²) in [6.45, 7) is 11.3. The number of nitrogens with zero attached hydrogens (tertiary/aromatic N) is 1. The van der Waals surface area contributed by atoms with Gasteiger partial charge in [-0.3, -0.25) is 9.69 Å². The van der Waals surface area contributed by atoms with E-state index in [1.165, 1.54) is 12.8 Å². The monoisotopic (exact) mass is 256 g/mol. The van der Waals surface area contributed by atoms with Crippen molar-refractivity contribution in [1.82, 2.24) is 10.2 Å². The van der Waals surface area contributed by atoms with Crippen LogP contribution in [0, 0.1) is 0 Å². The molecule has 4 heteroatoms. The second kappa shape index (κ2) is 7.10. The molecule has 1 fully saturated rings. The van der Waals surface area contributed by atoms with Crippen molar-refractivity contribution in [3.8, 4) is 0 Å². The summed E-state index contributed by atoms with van der Waals surface area (Å²) in [6, 6.07) is 0.571. The van der Waals surface area contributed by atoms with E-state index in [9.17, 15) is 4.79 Å². The number of carbonyl (C=O) groups excluding carboxylic acids is 1. The first kappa shape index (κ1) is 15.4. The van der Waals surface area contributed by atoms with E-state index in [1.807, 2.05) is 13.8 Å². The fraction of sp³-hybridized carbons (Fsp3) is 0.929. The van der Waals surface area contributed by atoms with Gasteiger partial charge >= 0.3 is 5.97 Å². The lowest BCUT2D eigenvalue weighted by atomic mass is 10.0. The van der Waals surface area contributed by atoms with E-state index in [2.05, 4.69) is 24.1 Å². The molecule has 1 heterocycles. The van der Waals surface area contributed by atoms with Gasteiger partial charge in [0, 0.05) is 12.6 Å². The molecule has 106 valence electrons. The molecule has 1 saturated heterocycles. The van der Waals surface area contributed by atoms with Crippen molar-refractivity contribution < 1.29 is 9.53 Å². The predicted octanol–water partition coefficient (Wildman–Crippen LogP) is 1.79. The fourth-order valence-electron chi connectivity index (χ4n) is 2.52. The largest absolute Gasteiger partial charge is 0.465 e. The van der Waals surface area contributed by atoms with Crippen molar-refractivity contribution in [2.45, 2.75) is 58.5 Å². The van der Waals surface area contributed by atoms with Crippen LogP contribution in [0.25, 0.3) is 0 Å². The molecular weight excluding hydrogens is 228 g/mol. The molecule has 0 aromatic heterocycles. The van der Waals surface area contributed by atoms with Gasteiger partial charge in [0.15, 0.2) is 0 Å². The Balaban J connectivity index is 2.66. The van der Waals surface area contributed by atoms with E-state index in [1.54, 1.807) is 0 Å². The van der Waals surface area contributed by atoms with Crippen LogP contribution >= 0.6 is 0 Å². The summed E-state index contributed by atoms with van der Waals surface area (Å²) in [5.74, 6) is -0.127. The van der Waals surface area contributed by atoms with E-state index >= 15 is 0 Å². The van der Waals surface area contributed by atoms with Crippen molar-refractivity contribution in [3.63, 3.8) is 0 Å². The van der Waals surface area contributed by atoms with Crippen molar-refractivity contribution in [1.29, 1.82) is 0 Å². The van der Waals surface area contributed by atoms with Gasteiger partial charge in [-0.2, -0.15) is 0 Å². The van der Waals surface area contributed by atoms with E-state index in [0.717, 1.165) is 26.1 Å². The van der Waals surface area contributed by atoms with Gasteiger partial charge in [0.1, 0.15) is 5.54 Å². The van der Waals surface area contributed by atoms with E-state index in [0.29, 0.717) is 12.6 Å². The molecule has 1 rings (SSSR count). The minimum atomic E-state index is -0.579. The van der Waals surface area contributed by atoms with Crippen molar-refractivity contribution >= 4 is 5.97 Å². The maximum atomic E-state index is 12.2. The van der Waals surface area contributed by atoms with Crippen LogP contribution in [0.3, 0.4) is 0 Å². The highest BCUT2D eigenvalue weighted by molar-refractivity contribution is 5.80. The molecule has 1 aliphatic rings. The zero-order valence-electron chi connectivity index (χ0n) is 12.3. The van der Waals surface area contributed by atoms with Crippen LogP contribution < -0.4 is 5.32 Å². The van der Waals surface area contributed by atoms with Crippen molar-refractivity contribution in [2.24, 2.45) is 0 Å². The highest BCUT2D eigenvalue weighted by Crippen LogP contribution is 2.20. The van der Waals surface area contributed by atoms with Crippen LogP contribution in [0.4, 0.5) is 0 Å². The molecule has 1 N–H and O–H groups in total. The Labute approximate surface area is 111 Å². The first-order valence-corrected chi connectivity index (χ1v) is 7.19. The zero-order chi connectivity index (χ0) is 13.6. The van der Waals surface area contributed by atoms with Gasteiger partial charge in [-0.05, 0) is 53.1 Å². The molecule has 4 nitrogen and oxygen atoms in total. The van der Waals surface area contributed by atoms with Crippen LogP contribution in [-0.2, 0) is 9.53 Å². The van der Waals surface area contributed by atoms with Gasteiger partial charge in [-0.1, -0.05) is 6.92 Å². The minimum Gasteiger partial charge on any atom is -0.465 e. The van der Waals surface area contributed by atoms with Crippen molar-refractivity contribution in [2.75, 3.05) is 26.2 Å². The van der Waals surface area contributed by atoms with Crippen LogP contribution in [-0.4, -0.2) is 48.7 Å². The Morgan fingerprint density at radius 3 is 2.72 bits per heavy atom. The summed E-state index contributed by atoms with van der Waals surface area (Å²) in [6.07, 6.45) is 3.48. The highest BCUT2D eigenvalue weighted by atomic mass is 16.5. The van der Waals surface area contributed by atoms with Crippen LogP contribution in [0.5, 0.6) is 0 Å². The molecule has 0 aromatic rings. The van der Waals surface area contributed by atoms with Gasteiger partial charge in [-0.15, -0.1) is 0 Å². The molecule has 0 bridgehead atoms. The Morgan fingerprint density at radius 1 is 1.50 bits per heavy atom. The highest BCUT2D eigenvalue weighted by Gasteiger charge is 2.38. The van der Waals surface area contributed by atoms with Crippen LogP contribution in [0.1, 0.15) is 47.0 Å². The molecule has 0 aromatic carbocycles. The molecule has 0 radical (unpaired) electrons. The third-order valence-corrected chi connectivity index (χ3v) is 3.70. The number of ether oxygens (including phenoxy) is 1. The fourth-order valence-corrected chi connectivity index (χ4v) is 2.52. The lowest BCUT2D eigenvalue weighted by Crippen LogP contribution is -2.58. The number of hydrogen-bond acceptors (Lipinski definition) is 4. The molecule has 0 saturated carbocycles. The van der Waals surface area contributed by atoms with Crippen LogP contribution in [0.2, 0.25) is 0 Å². The SMILES string of the molecule is CCCNC(C)(CN1CCCC1C)C(=O)OCC. The van der Waals surface area contributed by atoms with Crippen LogP contribution in [0.15, 0.2) is 0 Å². The molecule has 0 amide bonds. The number of likely N-dealkylation sites (tertiary alicyclic amines) is 1. The smallest absolute Gasteiger partial charge is 0.327 e. The third-order valence-electron chi connectivity index (χ3n) is 3.70. The minimum absolute atomic E-state index is 0.127. The maximum Gasteiger partial charge on any atom is 0.327 e. The number of hydrogen-bond donors (Lipinski definition) is 1. The molecular formula is C14H28N2O2. The Kier molecular flexibility index (Phi) is 6.09. The summed E-state index contributed by atoms with van der Waals surface area (Å²) < 4.78 is 5.22. The molecule has 2 unspecified atom stereocenters. The number of carbonyl (C=O) groups is 1. The number of nitrogens with one attached hydrogen (secondary N) is 1. The lowest BCUT2D eigenvalue weighted by molar-refractivity contribution is -0.151. The number of rotatable bonds is 7. The summed E-state index contributed by atoms with van der Waals surface area (Å²) >= 11 is 0. The zero-order valence-corrected chi connectivity index (χ0v) is 12.3. The Bertz CT molecular complexity index is 271. The van der Waals surface area contributed by atoms with E-state index in [4.69, 9.17) is 4.74 Å². The first-order valence-electron chi connectivity index (χ1n) is 7.19. The number of esters is 1. The Hall–Kier alpha value is -0.610. The standard InChI is InChI=1S/C14H28N2O2/c1-5-9-15-14(4,13(17)18-6-2)11-16-10-7-8-12(16)3/h12,15H,5-11H2,1-4H3. The second-order valence-electron chi connectivity index (χ2n) is 5.44. The molecule has 0 aliphatic carbocycles. The lowest BCUT2D eigenvalue weighted by Gasteiger charge is -2.34.